The lowest BCUT2D eigenvalue weighted by Crippen LogP contribution is -2.55. The second-order valence-corrected chi connectivity index (χ2v) is 9.57. The Morgan fingerprint density at radius 1 is 1.06 bits per heavy atom. The highest BCUT2D eigenvalue weighted by Gasteiger charge is 2.62. The van der Waals surface area contributed by atoms with Crippen molar-refractivity contribution in [2.45, 2.75) is 30.2 Å². The molecular weight excluding hydrogens is 449 g/mol. The third kappa shape index (κ3) is 4.19. The minimum absolute atomic E-state index is 0.00775. The van der Waals surface area contributed by atoms with Crippen molar-refractivity contribution in [3.8, 4) is 0 Å². The smallest absolute Gasteiger partial charge is 0.315 e. The molecule has 1 aliphatic heterocycles. The molecule has 0 aromatic heterocycles. The fourth-order valence-electron chi connectivity index (χ4n) is 5.01. The first-order chi connectivity index (χ1) is 15.3. The van der Waals surface area contributed by atoms with Gasteiger partial charge in [-0.2, -0.15) is 0 Å². The van der Waals surface area contributed by atoms with Crippen LogP contribution >= 0.6 is 23.2 Å². The summed E-state index contributed by atoms with van der Waals surface area (Å²) in [4.78, 5) is 26.7. The van der Waals surface area contributed by atoms with Crippen LogP contribution in [0.2, 0.25) is 10.0 Å². The average molecular weight is 476 g/mol. The third-order valence-electron chi connectivity index (χ3n) is 7.02. The van der Waals surface area contributed by atoms with Crippen molar-refractivity contribution in [3.05, 3.63) is 69.7 Å². The van der Waals surface area contributed by atoms with Crippen LogP contribution in [0.3, 0.4) is 0 Å². The number of piperidine rings is 1. The Morgan fingerprint density at radius 2 is 1.75 bits per heavy atom. The monoisotopic (exact) mass is 475 g/mol. The number of nitrogens with zero attached hydrogens (tertiary/aromatic N) is 1. The number of urea groups is 1. The quantitative estimate of drug-likeness (QED) is 0.582. The van der Waals surface area contributed by atoms with Crippen molar-refractivity contribution in [1.29, 1.82) is 0 Å². The number of amides is 2. The molecule has 2 amide bonds. The molecule has 2 atom stereocenters. The van der Waals surface area contributed by atoms with Crippen molar-refractivity contribution in [1.82, 2.24) is 15.5 Å². The highest BCUT2D eigenvalue weighted by atomic mass is 35.5. The van der Waals surface area contributed by atoms with Gasteiger partial charge in [-0.1, -0.05) is 59.6 Å². The zero-order chi connectivity index (χ0) is 22.9. The Labute approximate surface area is 197 Å². The number of carboxylic acids is 1. The van der Waals surface area contributed by atoms with Gasteiger partial charge in [-0.05, 0) is 48.4 Å². The van der Waals surface area contributed by atoms with Crippen LogP contribution < -0.4 is 10.6 Å². The van der Waals surface area contributed by atoms with Crippen LogP contribution in [0.1, 0.15) is 30.4 Å². The van der Waals surface area contributed by atoms with Crippen molar-refractivity contribution in [2.75, 3.05) is 26.7 Å². The molecule has 1 saturated heterocycles. The molecule has 1 aliphatic carbocycles. The molecule has 0 unspecified atom stereocenters. The van der Waals surface area contributed by atoms with E-state index in [-0.39, 0.29) is 11.9 Å². The third-order valence-corrected chi connectivity index (χ3v) is 7.76. The second kappa shape index (κ2) is 8.93. The SMILES string of the molecule is CNC(=O)NC1(c2ccccc2)CCN(C[C@@H]2C[C@@]2(C(=O)O)c2ccc(Cl)c(Cl)c2)CC1. The minimum Gasteiger partial charge on any atom is -0.481 e. The number of carbonyl (C=O) groups is 2. The van der Waals surface area contributed by atoms with E-state index in [4.69, 9.17) is 23.2 Å². The summed E-state index contributed by atoms with van der Waals surface area (Å²) < 4.78 is 0. The number of benzene rings is 2. The lowest BCUT2D eigenvalue weighted by Gasteiger charge is -2.43. The van der Waals surface area contributed by atoms with Gasteiger partial charge in [0.25, 0.3) is 0 Å². The molecule has 6 nitrogen and oxygen atoms in total. The van der Waals surface area contributed by atoms with Gasteiger partial charge in [-0.15, -0.1) is 0 Å². The topological polar surface area (TPSA) is 81.7 Å². The first-order valence-corrected chi connectivity index (χ1v) is 11.5. The average Bonchev–Trinajstić information content (AvgIpc) is 3.52. The lowest BCUT2D eigenvalue weighted by molar-refractivity contribution is -0.140. The summed E-state index contributed by atoms with van der Waals surface area (Å²) in [5, 5.41) is 16.6. The summed E-state index contributed by atoms with van der Waals surface area (Å²) in [6, 6.07) is 14.9. The summed E-state index contributed by atoms with van der Waals surface area (Å²) >= 11 is 12.2. The van der Waals surface area contributed by atoms with E-state index in [9.17, 15) is 14.7 Å². The van der Waals surface area contributed by atoms with Crippen LogP contribution in [0.25, 0.3) is 0 Å². The van der Waals surface area contributed by atoms with E-state index in [2.05, 4.69) is 15.5 Å². The van der Waals surface area contributed by atoms with Crippen molar-refractivity contribution in [3.63, 3.8) is 0 Å². The van der Waals surface area contributed by atoms with Crippen LogP contribution in [0.4, 0.5) is 4.79 Å². The normalized spacial score (nSPS) is 24.5. The molecule has 8 heteroatoms. The number of carbonyl (C=O) groups excluding carboxylic acids is 1. The largest absolute Gasteiger partial charge is 0.481 e. The van der Waals surface area contributed by atoms with Gasteiger partial charge in [0.15, 0.2) is 0 Å². The Hall–Kier alpha value is -2.28. The fraction of sp³-hybridized carbons (Fsp3) is 0.417. The molecule has 170 valence electrons. The number of halogens is 2. The van der Waals surface area contributed by atoms with Crippen molar-refractivity contribution >= 4 is 35.2 Å². The van der Waals surface area contributed by atoms with Crippen molar-refractivity contribution < 1.29 is 14.7 Å². The standard InChI is InChI=1S/C24H27Cl2N3O3/c1-27-22(32)28-23(16-5-3-2-4-6-16)9-11-29(12-10-23)15-18-14-24(18,21(30)31)17-7-8-19(25)20(26)13-17/h2-8,13,18H,9-12,14-15H2,1H3,(H,30,31)(H2,27,28,32)/t18-,24+/m0/s1. The fourth-order valence-corrected chi connectivity index (χ4v) is 5.31. The maximum atomic E-state index is 12.2. The Balaban J connectivity index is 1.47. The first kappa shape index (κ1) is 22.9. The second-order valence-electron chi connectivity index (χ2n) is 8.76. The van der Waals surface area contributed by atoms with Gasteiger partial charge < -0.3 is 20.6 Å². The molecule has 1 heterocycles. The van der Waals surface area contributed by atoms with E-state index < -0.39 is 16.9 Å². The Bertz CT molecular complexity index is 1010. The molecule has 0 bridgehead atoms. The number of aliphatic carboxylic acids is 1. The van der Waals surface area contributed by atoms with Gasteiger partial charge in [0.05, 0.1) is 21.0 Å². The van der Waals surface area contributed by atoms with Gasteiger partial charge >= 0.3 is 12.0 Å². The summed E-state index contributed by atoms with van der Waals surface area (Å²) in [7, 11) is 1.62. The summed E-state index contributed by atoms with van der Waals surface area (Å²) in [6.07, 6.45) is 2.09. The van der Waals surface area contributed by atoms with Crippen LogP contribution in [0, 0.1) is 5.92 Å². The first-order valence-electron chi connectivity index (χ1n) is 10.8. The van der Waals surface area contributed by atoms with Crippen LogP contribution in [0.5, 0.6) is 0 Å². The summed E-state index contributed by atoms with van der Waals surface area (Å²) in [5.74, 6) is -0.814. The zero-order valence-electron chi connectivity index (χ0n) is 17.9. The Morgan fingerprint density at radius 3 is 2.34 bits per heavy atom. The molecule has 2 fully saturated rings. The van der Waals surface area contributed by atoms with Gasteiger partial charge in [-0.25, -0.2) is 4.79 Å². The van der Waals surface area contributed by atoms with E-state index in [1.54, 1.807) is 25.2 Å². The van der Waals surface area contributed by atoms with Gasteiger partial charge in [0.2, 0.25) is 0 Å². The van der Waals surface area contributed by atoms with Crippen LogP contribution in [0.15, 0.2) is 48.5 Å². The summed E-state index contributed by atoms with van der Waals surface area (Å²) in [5.41, 5.74) is 0.448. The predicted molar refractivity (Wildman–Crippen MR) is 125 cm³/mol. The highest BCUT2D eigenvalue weighted by Crippen LogP contribution is 2.55. The molecule has 32 heavy (non-hydrogen) atoms. The summed E-state index contributed by atoms with van der Waals surface area (Å²) in [6.45, 7) is 2.23. The van der Waals surface area contributed by atoms with E-state index in [1.807, 2.05) is 30.3 Å². The van der Waals surface area contributed by atoms with Gasteiger partial charge in [-0.3, -0.25) is 4.79 Å². The number of nitrogens with one attached hydrogen (secondary N) is 2. The van der Waals surface area contributed by atoms with E-state index >= 15 is 0 Å². The molecule has 0 radical (unpaired) electrons. The van der Waals surface area contributed by atoms with Crippen LogP contribution in [-0.2, 0) is 15.7 Å². The van der Waals surface area contributed by atoms with Crippen LogP contribution in [-0.4, -0.2) is 48.7 Å². The molecule has 4 rings (SSSR count). The zero-order valence-corrected chi connectivity index (χ0v) is 19.4. The van der Waals surface area contributed by atoms with E-state index in [0.717, 1.165) is 31.5 Å². The molecule has 2 aromatic carbocycles. The number of carboxylic acid groups (broad SMARTS) is 1. The number of likely N-dealkylation sites (tertiary alicyclic amines) is 1. The lowest BCUT2D eigenvalue weighted by atomic mass is 9.80. The van der Waals surface area contributed by atoms with E-state index in [0.29, 0.717) is 28.6 Å². The molecule has 3 N–H and O–H groups in total. The van der Waals surface area contributed by atoms with Crippen molar-refractivity contribution in [2.24, 2.45) is 5.92 Å². The molecule has 1 saturated carbocycles. The maximum absolute atomic E-state index is 12.2. The van der Waals surface area contributed by atoms with E-state index in [1.165, 1.54) is 0 Å². The molecule has 0 spiro atoms. The molecule has 2 aromatic rings. The highest BCUT2D eigenvalue weighted by molar-refractivity contribution is 6.42. The number of rotatable bonds is 6. The predicted octanol–water partition coefficient (Wildman–Crippen LogP) is 4.26. The minimum atomic E-state index is -0.914. The molecule has 2 aliphatic rings. The number of hydrogen-bond donors (Lipinski definition) is 3. The Kier molecular flexibility index (Phi) is 6.39. The molecular formula is C24H27Cl2N3O3. The van der Waals surface area contributed by atoms with Gasteiger partial charge in [0, 0.05) is 26.7 Å². The maximum Gasteiger partial charge on any atom is 0.315 e. The van der Waals surface area contributed by atoms with Gasteiger partial charge in [0.1, 0.15) is 0 Å². The number of hydrogen-bond acceptors (Lipinski definition) is 3.